The van der Waals surface area contributed by atoms with E-state index in [4.69, 9.17) is 0 Å². The lowest BCUT2D eigenvalue weighted by molar-refractivity contribution is -0.137. The van der Waals surface area contributed by atoms with Crippen LogP contribution in [0.5, 0.6) is 0 Å². The minimum absolute atomic E-state index is 0.111. The molecule has 1 saturated heterocycles. The summed E-state index contributed by atoms with van der Waals surface area (Å²) >= 11 is 0. The molecule has 0 aromatic heterocycles. The fraction of sp³-hybridized carbons (Fsp3) is 0.538. The molecule has 1 heterocycles. The molecule has 1 N–H and O–H groups in total. The van der Waals surface area contributed by atoms with Crippen LogP contribution in [0.3, 0.4) is 0 Å². The standard InChI is InChI=1S/C13H16F3N/c1-2-12(7-8-17-12)9-10-3-5-11(6-4-10)13(14,15)16/h3-6,17H,2,7-9H2,1H3. The Balaban J connectivity index is 2.08. The number of rotatable bonds is 3. The molecule has 1 aliphatic heterocycles. The van der Waals surface area contributed by atoms with Crippen LogP contribution in [0.1, 0.15) is 30.9 Å². The smallest absolute Gasteiger partial charge is 0.311 e. The summed E-state index contributed by atoms with van der Waals surface area (Å²) in [5.74, 6) is 0. The van der Waals surface area contributed by atoms with Crippen LogP contribution in [0.4, 0.5) is 13.2 Å². The Hall–Kier alpha value is -1.03. The van der Waals surface area contributed by atoms with Crippen LogP contribution >= 0.6 is 0 Å². The molecule has 0 radical (unpaired) electrons. The summed E-state index contributed by atoms with van der Waals surface area (Å²) in [6.07, 6.45) is -1.32. The summed E-state index contributed by atoms with van der Waals surface area (Å²) in [4.78, 5) is 0. The van der Waals surface area contributed by atoms with Gasteiger partial charge in [-0.2, -0.15) is 13.2 Å². The van der Waals surface area contributed by atoms with Gasteiger partial charge in [-0.3, -0.25) is 0 Å². The average Bonchev–Trinajstić information content (AvgIpc) is 2.23. The summed E-state index contributed by atoms with van der Waals surface area (Å²) < 4.78 is 37.2. The monoisotopic (exact) mass is 243 g/mol. The maximum absolute atomic E-state index is 12.4. The molecule has 4 heteroatoms. The maximum atomic E-state index is 12.4. The molecule has 1 aliphatic rings. The van der Waals surface area contributed by atoms with Crippen molar-refractivity contribution in [3.63, 3.8) is 0 Å². The molecular formula is C13H16F3N. The molecule has 1 aromatic rings. The third-order valence-corrected chi connectivity index (χ3v) is 3.60. The second-order valence-electron chi connectivity index (χ2n) is 4.68. The number of nitrogens with one attached hydrogen (secondary N) is 1. The van der Waals surface area contributed by atoms with Gasteiger partial charge in [-0.15, -0.1) is 0 Å². The van der Waals surface area contributed by atoms with Gasteiger partial charge in [0.1, 0.15) is 0 Å². The van der Waals surface area contributed by atoms with Crippen LogP contribution in [-0.2, 0) is 12.6 Å². The summed E-state index contributed by atoms with van der Waals surface area (Å²) in [5.41, 5.74) is 0.500. The first kappa shape index (κ1) is 12.4. The molecule has 0 aliphatic carbocycles. The van der Waals surface area contributed by atoms with Crippen molar-refractivity contribution in [2.75, 3.05) is 6.54 Å². The van der Waals surface area contributed by atoms with E-state index in [9.17, 15) is 13.2 Å². The summed E-state index contributed by atoms with van der Waals surface area (Å²) in [6, 6.07) is 5.50. The van der Waals surface area contributed by atoms with Gasteiger partial charge in [0.25, 0.3) is 0 Å². The van der Waals surface area contributed by atoms with E-state index in [-0.39, 0.29) is 5.54 Å². The Bertz CT molecular complexity index is 371. The van der Waals surface area contributed by atoms with Gasteiger partial charge in [0.15, 0.2) is 0 Å². The Morgan fingerprint density at radius 3 is 2.18 bits per heavy atom. The van der Waals surface area contributed by atoms with E-state index < -0.39 is 11.7 Å². The molecule has 1 nitrogen and oxygen atoms in total. The number of hydrogen-bond donors (Lipinski definition) is 1. The van der Waals surface area contributed by atoms with Gasteiger partial charge in [0, 0.05) is 5.54 Å². The average molecular weight is 243 g/mol. The molecule has 17 heavy (non-hydrogen) atoms. The van der Waals surface area contributed by atoms with Crippen LogP contribution in [-0.4, -0.2) is 12.1 Å². The molecule has 0 spiro atoms. The number of hydrogen-bond acceptors (Lipinski definition) is 1. The van der Waals surface area contributed by atoms with Gasteiger partial charge in [0.05, 0.1) is 5.56 Å². The van der Waals surface area contributed by atoms with Crippen LogP contribution in [0.15, 0.2) is 24.3 Å². The zero-order valence-electron chi connectivity index (χ0n) is 9.77. The summed E-state index contributed by atoms with van der Waals surface area (Å²) in [6.45, 7) is 3.12. The lowest BCUT2D eigenvalue weighted by atomic mass is 9.79. The van der Waals surface area contributed by atoms with Crippen molar-refractivity contribution in [1.29, 1.82) is 0 Å². The minimum Gasteiger partial charge on any atom is -0.311 e. The molecule has 2 rings (SSSR count). The molecule has 1 aromatic carbocycles. The first-order valence-electron chi connectivity index (χ1n) is 5.86. The van der Waals surface area contributed by atoms with Crippen LogP contribution in [0.2, 0.25) is 0 Å². The van der Waals surface area contributed by atoms with Crippen molar-refractivity contribution in [1.82, 2.24) is 5.32 Å². The second-order valence-corrected chi connectivity index (χ2v) is 4.68. The predicted octanol–water partition coefficient (Wildman–Crippen LogP) is 3.39. The molecule has 1 atom stereocenters. The van der Waals surface area contributed by atoms with E-state index in [1.54, 1.807) is 12.1 Å². The van der Waals surface area contributed by atoms with Gasteiger partial charge < -0.3 is 5.32 Å². The van der Waals surface area contributed by atoms with E-state index in [2.05, 4.69) is 12.2 Å². The van der Waals surface area contributed by atoms with Gasteiger partial charge in [-0.05, 0) is 43.5 Å². The zero-order chi connectivity index (χ0) is 12.5. The van der Waals surface area contributed by atoms with Crippen LogP contribution < -0.4 is 5.32 Å². The zero-order valence-corrected chi connectivity index (χ0v) is 9.77. The normalized spacial score (nSPS) is 24.5. The van der Waals surface area contributed by atoms with Crippen molar-refractivity contribution in [2.45, 2.75) is 37.9 Å². The molecule has 1 unspecified atom stereocenters. The number of benzene rings is 1. The fourth-order valence-electron chi connectivity index (χ4n) is 2.26. The highest BCUT2D eigenvalue weighted by Crippen LogP contribution is 2.31. The quantitative estimate of drug-likeness (QED) is 0.858. The van der Waals surface area contributed by atoms with E-state index in [0.29, 0.717) is 0 Å². The predicted molar refractivity (Wildman–Crippen MR) is 60.8 cm³/mol. The van der Waals surface area contributed by atoms with Crippen molar-refractivity contribution >= 4 is 0 Å². The summed E-state index contributed by atoms with van der Waals surface area (Å²) in [7, 11) is 0. The summed E-state index contributed by atoms with van der Waals surface area (Å²) in [5, 5.41) is 3.38. The Kier molecular flexibility index (Phi) is 3.17. The second kappa shape index (κ2) is 4.33. The van der Waals surface area contributed by atoms with Gasteiger partial charge >= 0.3 is 6.18 Å². The van der Waals surface area contributed by atoms with Crippen molar-refractivity contribution in [2.24, 2.45) is 0 Å². The lowest BCUT2D eigenvalue weighted by Gasteiger charge is -2.43. The third kappa shape index (κ3) is 2.63. The van der Waals surface area contributed by atoms with Crippen molar-refractivity contribution in [3.8, 4) is 0 Å². The van der Waals surface area contributed by atoms with E-state index >= 15 is 0 Å². The maximum Gasteiger partial charge on any atom is 0.416 e. The third-order valence-electron chi connectivity index (χ3n) is 3.60. The van der Waals surface area contributed by atoms with Crippen LogP contribution in [0, 0.1) is 0 Å². The molecule has 94 valence electrons. The Morgan fingerprint density at radius 1 is 1.24 bits per heavy atom. The molecule has 0 saturated carbocycles. The van der Waals surface area contributed by atoms with Gasteiger partial charge in [-0.1, -0.05) is 19.1 Å². The van der Waals surface area contributed by atoms with E-state index in [1.165, 1.54) is 0 Å². The SMILES string of the molecule is CCC1(Cc2ccc(C(F)(F)F)cc2)CCN1. The highest BCUT2D eigenvalue weighted by molar-refractivity contribution is 5.26. The largest absolute Gasteiger partial charge is 0.416 e. The number of halogens is 3. The van der Waals surface area contributed by atoms with Crippen LogP contribution in [0.25, 0.3) is 0 Å². The minimum atomic E-state index is -4.24. The molecule has 0 bridgehead atoms. The Morgan fingerprint density at radius 2 is 1.82 bits per heavy atom. The van der Waals surface area contributed by atoms with Gasteiger partial charge in [0.2, 0.25) is 0 Å². The highest BCUT2D eigenvalue weighted by atomic mass is 19.4. The van der Waals surface area contributed by atoms with Crippen molar-refractivity contribution in [3.05, 3.63) is 35.4 Å². The first-order valence-corrected chi connectivity index (χ1v) is 5.86. The molecule has 0 amide bonds. The molecule has 1 fully saturated rings. The number of alkyl halides is 3. The van der Waals surface area contributed by atoms with E-state index in [0.717, 1.165) is 43.5 Å². The van der Waals surface area contributed by atoms with E-state index in [1.807, 2.05) is 0 Å². The van der Waals surface area contributed by atoms with Gasteiger partial charge in [-0.25, -0.2) is 0 Å². The lowest BCUT2D eigenvalue weighted by Crippen LogP contribution is -2.57. The highest BCUT2D eigenvalue weighted by Gasteiger charge is 2.35. The van der Waals surface area contributed by atoms with Crippen molar-refractivity contribution < 1.29 is 13.2 Å². The topological polar surface area (TPSA) is 12.0 Å². The molecular weight excluding hydrogens is 227 g/mol. The Labute approximate surface area is 99.0 Å². The fourth-order valence-corrected chi connectivity index (χ4v) is 2.26. The first-order chi connectivity index (χ1) is 7.95.